The van der Waals surface area contributed by atoms with Crippen LogP contribution in [0.1, 0.15) is 35.8 Å². The molecule has 3 aromatic rings. The summed E-state index contributed by atoms with van der Waals surface area (Å²) in [5, 5.41) is 6.99. The van der Waals surface area contributed by atoms with E-state index in [0.29, 0.717) is 17.4 Å². The SMILES string of the molecule is CC(C)c1ccc([N+]2=CC(NC(=O)c3coc(-c4ccncc4)n3)C(C(N)=O)=N2)cc1. The van der Waals surface area contributed by atoms with Gasteiger partial charge in [-0.15, -0.1) is 0 Å². The Hall–Kier alpha value is -4.14. The molecule has 9 heteroatoms. The van der Waals surface area contributed by atoms with Crippen LogP contribution in [0, 0.1) is 0 Å². The summed E-state index contributed by atoms with van der Waals surface area (Å²) in [4.78, 5) is 32.7. The van der Waals surface area contributed by atoms with E-state index >= 15 is 0 Å². The van der Waals surface area contributed by atoms with E-state index in [9.17, 15) is 9.59 Å². The number of carbonyl (C=O) groups excluding carboxylic acids is 2. The zero-order valence-corrected chi connectivity index (χ0v) is 17.0. The van der Waals surface area contributed by atoms with Gasteiger partial charge in [-0.1, -0.05) is 30.7 Å². The first-order valence-electron chi connectivity index (χ1n) is 9.71. The number of oxazole rings is 1. The third kappa shape index (κ3) is 4.25. The molecule has 0 aliphatic carbocycles. The third-order valence-corrected chi connectivity index (χ3v) is 4.83. The van der Waals surface area contributed by atoms with E-state index < -0.39 is 17.9 Å². The number of nitrogens with one attached hydrogen (secondary N) is 1. The lowest BCUT2D eigenvalue weighted by Gasteiger charge is -2.05. The maximum atomic E-state index is 12.7. The second-order valence-corrected chi connectivity index (χ2v) is 7.31. The minimum atomic E-state index is -0.796. The highest BCUT2D eigenvalue weighted by Crippen LogP contribution is 2.21. The summed E-state index contributed by atoms with van der Waals surface area (Å²) in [6, 6.07) is 10.4. The first kappa shape index (κ1) is 20.1. The quantitative estimate of drug-likeness (QED) is 0.595. The van der Waals surface area contributed by atoms with Crippen LogP contribution >= 0.6 is 0 Å². The molecular weight excluding hydrogens is 396 g/mol. The number of pyridine rings is 1. The summed E-state index contributed by atoms with van der Waals surface area (Å²) in [6.45, 7) is 4.21. The van der Waals surface area contributed by atoms with Gasteiger partial charge in [0.2, 0.25) is 23.5 Å². The number of hydrazone groups is 1. The number of hydrogen-bond acceptors (Lipinski definition) is 6. The van der Waals surface area contributed by atoms with E-state index in [1.54, 1.807) is 30.7 Å². The van der Waals surface area contributed by atoms with Crippen molar-refractivity contribution in [2.75, 3.05) is 0 Å². The first-order valence-corrected chi connectivity index (χ1v) is 9.71. The first-order chi connectivity index (χ1) is 14.9. The highest BCUT2D eigenvalue weighted by atomic mass is 16.3. The molecule has 1 aromatic carbocycles. The Morgan fingerprint density at radius 1 is 1.13 bits per heavy atom. The maximum absolute atomic E-state index is 12.7. The second-order valence-electron chi connectivity index (χ2n) is 7.31. The van der Waals surface area contributed by atoms with Crippen molar-refractivity contribution in [2.24, 2.45) is 10.8 Å². The summed E-state index contributed by atoms with van der Waals surface area (Å²) in [5.41, 5.74) is 8.21. The fourth-order valence-corrected chi connectivity index (χ4v) is 3.11. The molecular formula is C22H21N6O3+. The Morgan fingerprint density at radius 2 is 1.84 bits per heavy atom. The predicted molar refractivity (Wildman–Crippen MR) is 114 cm³/mol. The molecule has 2 aromatic heterocycles. The van der Waals surface area contributed by atoms with Crippen molar-refractivity contribution in [3.63, 3.8) is 0 Å². The van der Waals surface area contributed by atoms with Gasteiger partial charge >= 0.3 is 0 Å². The number of nitrogens with two attached hydrogens (primary N) is 1. The summed E-state index contributed by atoms with van der Waals surface area (Å²) in [5.74, 6) is -0.553. The van der Waals surface area contributed by atoms with Crippen LogP contribution in [0.25, 0.3) is 11.5 Å². The van der Waals surface area contributed by atoms with Gasteiger partial charge in [0.15, 0.2) is 11.7 Å². The molecule has 1 unspecified atom stereocenters. The number of nitrogens with zero attached hydrogens (tertiary/aromatic N) is 4. The zero-order chi connectivity index (χ0) is 22.0. The number of amides is 2. The second kappa shape index (κ2) is 8.31. The number of aromatic nitrogens is 2. The van der Waals surface area contributed by atoms with Crippen molar-refractivity contribution in [3.8, 4) is 11.5 Å². The van der Waals surface area contributed by atoms with Gasteiger partial charge in [0.25, 0.3) is 11.8 Å². The number of rotatable bonds is 6. The average Bonchev–Trinajstić information content (AvgIpc) is 3.42. The molecule has 0 spiro atoms. The molecule has 156 valence electrons. The predicted octanol–water partition coefficient (Wildman–Crippen LogP) is 2.23. The van der Waals surface area contributed by atoms with Crippen LogP contribution in [0.3, 0.4) is 0 Å². The molecule has 0 saturated heterocycles. The molecule has 0 saturated carbocycles. The molecule has 31 heavy (non-hydrogen) atoms. The van der Waals surface area contributed by atoms with Crippen molar-refractivity contribution in [2.45, 2.75) is 25.8 Å². The minimum absolute atomic E-state index is 0.0270. The van der Waals surface area contributed by atoms with E-state index in [2.05, 4.69) is 34.2 Å². The molecule has 1 aliphatic rings. The molecule has 3 N–H and O–H groups in total. The van der Waals surface area contributed by atoms with E-state index in [1.165, 1.54) is 16.5 Å². The van der Waals surface area contributed by atoms with Crippen LogP contribution in [0.4, 0.5) is 5.69 Å². The van der Waals surface area contributed by atoms with Crippen molar-refractivity contribution in [1.82, 2.24) is 15.3 Å². The molecule has 1 aliphatic heterocycles. The molecule has 1 atom stereocenters. The van der Waals surface area contributed by atoms with Gasteiger partial charge < -0.3 is 15.5 Å². The fourth-order valence-electron chi connectivity index (χ4n) is 3.11. The Balaban J connectivity index is 1.54. The van der Waals surface area contributed by atoms with Crippen molar-refractivity contribution in [1.29, 1.82) is 0 Å². The molecule has 0 radical (unpaired) electrons. The lowest BCUT2D eigenvalue weighted by atomic mass is 10.0. The van der Waals surface area contributed by atoms with Gasteiger partial charge in [0, 0.05) is 35.2 Å². The monoisotopic (exact) mass is 417 g/mol. The van der Waals surface area contributed by atoms with Crippen LogP contribution in [-0.4, -0.2) is 44.4 Å². The Morgan fingerprint density at radius 3 is 2.48 bits per heavy atom. The standard InChI is InChI=1S/C22H20N6O3/c1-13(2)14-3-5-16(6-4-14)28-11-17(19(27-28)20(23)29)25-21(30)18-12-31-22(26-18)15-7-9-24-10-8-15/h3-13,17H,1-2H3,(H2-,23,25,29,30)/p+1. The largest absolute Gasteiger partial charge is 0.444 e. The molecule has 3 heterocycles. The van der Waals surface area contributed by atoms with Gasteiger partial charge in [-0.3, -0.25) is 14.6 Å². The van der Waals surface area contributed by atoms with E-state index in [-0.39, 0.29) is 11.4 Å². The molecule has 2 amide bonds. The van der Waals surface area contributed by atoms with Gasteiger partial charge in [-0.2, -0.15) is 0 Å². The summed E-state index contributed by atoms with van der Waals surface area (Å²) in [6.07, 6.45) is 6.07. The maximum Gasteiger partial charge on any atom is 0.274 e. The van der Waals surface area contributed by atoms with E-state index in [4.69, 9.17) is 10.2 Å². The van der Waals surface area contributed by atoms with Crippen LogP contribution in [0.5, 0.6) is 0 Å². The van der Waals surface area contributed by atoms with Crippen LogP contribution in [0.15, 0.2) is 64.6 Å². The van der Waals surface area contributed by atoms with Crippen LogP contribution in [0.2, 0.25) is 0 Å². The molecule has 0 fully saturated rings. The van der Waals surface area contributed by atoms with Gasteiger partial charge in [0.1, 0.15) is 6.26 Å². The molecule has 0 bridgehead atoms. The topological polar surface area (TPSA) is 126 Å². The minimum Gasteiger partial charge on any atom is -0.444 e. The lowest BCUT2D eigenvalue weighted by Crippen LogP contribution is -2.45. The Kier molecular flexibility index (Phi) is 5.40. The van der Waals surface area contributed by atoms with E-state index in [0.717, 1.165) is 5.69 Å². The van der Waals surface area contributed by atoms with Crippen molar-refractivity contribution in [3.05, 3.63) is 66.3 Å². The van der Waals surface area contributed by atoms with Gasteiger partial charge in [-0.25, -0.2) is 4.98 Å². The fraction of sp³-hybridized carbons (Fsp3) is 0.182. The number of hydrogen-bond donors (Lipinski definition) is 2. The lowest BCUT2D eigenvalue weighted by molar-refractivity contribution is -0.437. The van der Waals surface area contributed by atoms with Crippen LogP contribution < -0.4 is 11.1 Å². The van der Waals surface area contributed by atoms with Crippen molar-refractivity contribution < 1.29 is 18.7 Å². The Bertz CT molecular complexity index is 1180. The highest BCUT2D eigenvalue weighted by Gasteiger charge is 2.35. The van der Waals surface area contributed by atoms with E-state index in [1.807, 2.05) is 24.3 Å². The smallest absolute Gasteiger partial charge is 0.274 e. The molecule has 9 nitrogen and oxygen atoms in total. The number of carbonyl (C=O) groups is 2. The third-order valence-electron chi connectivity index (χ3n) is 4.83. The van der Waals surface area contributed by atoms with Gasteiger partial charge in [0.05, 0.1) is 0 Å². The highest BCUT2D eigenvalue weighted by molar-refractivity contribution is 6.44. The van der Waals surface area contributed by atoms with Crippen molar-refractivity contribution >= 4 is 29.4 Å². The molecule has 4 rings (SSSR count). The zero-order valence-electron chi connectivity index (χ0n) is 17.0. The summed E-state index contributed by atoms with van der Waals surface area (Å²) >= 11 is 0. The Labute approximate surface area is 178 Å². The number of primary amides is 1. The van der Waals surface area contributed by atoms with Crippen LogP contribution in [-0.2, 0) is 4.79 Å². The van der Waals surface area contributed by atoms with Gasteiger partial charge in [-0.05, 0) is 23.6 Å². The average molecular weight is 417 g/mol. The summed E-state index contributed by atoms with van der Waals surface area (Å²) < 4.78 is 6.92. The summed E-state index contributed by atoms with van der Waals surface area (Å²) in [7, 11) is 0. The normalized spacial score (nSPS) is 15.5. The number of benzene rings is 1.